The summed E-state index contributed by atoms with van der Waals surface area (Å²) >= 11 is 0. The van der Waals surface area contributed by atoms with E-state index in [9.17, 15) is 14.4 Å². The van der Waals surface area contributed by atoms with Gasteiger partial charge in [0.1, 0.15) is 0 Å². The summed E-state index contributed by atoms with van der Waals surface area (Å²) in [6.45, 7) is 0.290. The Hall–Kier alpha value is -3.35. The highest BCUT2D eigenvalue weighted by atomic mass is 16.6. The molecule has 1 saturated heterocycles. The van der Waals surface area contributed by atoms with E-state index in [1.54, 1.807) is 0 Å². The van der Waals surface area contributed by atoms with E-state index in [0.717, 1.165) is 23.3 Å². The van der Waals surface area contributed by atoms with E-state index in [0.29, 0.717) is 6.54 Å². The Bertz CT molecular complexity index is 795. The first-order chi connectivity index (χ1) is 13.6. The molecular weight excluding hydrogens is 358 g/mol. The van der Waals surface area contributed by atoms with Gasteiger partial charge in [0.05, 0.1) is 12.6 Å². The third-order valence-electron chi connectivity index (χ3n) is 4.48. The number of benzene rings is 2. The lowest BCUT2D eigenvalue weighted by Gasteiger charge is -2.23. The van der Waals surface area contributed by atoms with Crippen LogP contribution < -0.4 is 10.6 Å². The smallest absolute Gasteiger partial charge is 0.417 e. The van der Waals surface area contributed by atoms with Gasteiger partial charge in [-0.15, -0.1) is 0 Å². The molecule has 0 bridgehead atoms. The normalized spacial score (nSPS) is 14.5. The Labute approximate surface area is 163 Å². The lowest BCUT2D eigenvalue weighted by molar-refractivity contribution is -0.126. The maximum Gasteiger partial charge on any atom is 0.417 e. The van der Waals surface area contributed by atoms with Gasteiger partial charge in [0.25, 0.3) is 5.91 Å². The van der Waals surface area contributed by atoms with Crippen molar-refractivity contribution in [2.24, 2.45) is 0 Å². The quantitative estimate of drug-likeness (QED) is 0.688. The number of imide groups is 1. The molecule has 146 valence electrons. The highest BCUT2D eigenvalue weighted by Gasteiger charge is 2.33. The first-order valence-corrected chi connectivity index (χ1v) is 9.24. The van der Waals surface area contributed by atoms with Gasteiger partial charge in [0, 0.05) is 6.54 Å². The second kappa shape index (κ2) is 9.55. The van der Waals surface area contributed by atoms with Gasteiger partial charge in [-0.3, -0.25) is 4.79 Å². The number of carbonyl (C=O) groups excluding carboxylic acids is 3. The van der Waals surface area contributed by atoms with Crippen LogP contribution in [-0.4, -0.2) is 42.6 Å². The van der Waals surface area contributed by atoms with Gasteiger partial charge in [0.2, 0.25) is 0 Å². The van der Waals surface area contributed by atoms with Gasteiger partial charge < -0.3 is 15.4 Å². The number of aryl methyl sites for hydroxylation is 1. The van der Waals surface area contributed by atoms with Crippen molar-refractivity contribution in [3.8, 4) is 0 Å². The fourth-order valence-corrected chi connectivity index (χ4v) is 3.01. The molecule has 1 unspecified atom stereocenters. The van der Waals surface area contributed by atoms with Crippen molar-refractivity contribution in [2.75, 3.05) is 19.7 Å². The van der Waals surface area contributed by atoms with Crippen molar-refractivity contribution in [3.63, 3.8) is 0 Å². The highest BCUT2D eigenvalue weighted by molar-refractivity contribution is 5.97. The Kier molecular flexibility index (Phi) is 6.62. The number of ether oxygens (including phenoxy) is 1. The van der Waals surface area contributed by atoms with Crippen LogP contribution in [0.1, 0.15) is 23.6 Å². The number of amides is 4. The van der Waals surface area contributed by atoms with Gasteiger partial charge in [-0.05, 0) is 24.0 Å². The molecule has 1 aliphatic heterocycles. The zero-order chi connectivity index (χ0) is 19.8. The van der Waals surface area contributed by atoms with Crippen LogP contribution in [0.4, 0.5) is 9.59 Å². The van der Waals surface area contributed by atoms with E-state index in [-0.39, 0.29) is 19.2 Å². The molecule has 4 amide bonds. The van der Waals surface area contributed by atoms with Gasteiger partial charge >= 0.3 is 12.1 Å². The molecule has 0 radical (unpaired) electrons. The summed E-state index contributed by atoms with van der Waals surface area (Å²) in [5.41, 5.74) is 2.02. The van der Waals surface area contributed by atoms with Crippen LogP contribution in [0.15, 0.2) is 60.7 Å². The van der Waals surface area contributed by atoms with Crippen LogP contribution in [0.25, 0.3) is 0 Å². The summed E-state index contributed by atoms with van der Waals surface area (Å²) in [5.74, 6) is -0.406. The molecule has 0 aromatic heterocycles. The maximum absolute atomic E-state index is 12.3. The van der Waals surface area contributed by atoms with E-state index in [1.165, 1.54) is 5.56 Å². The van der Waals surface area contributed by atoms with Gasteiger partial charge in [-0.1, -0.05) is 60.7 Å². The second-order valence-corrected chi connectivity index (χ2v) is 6.51. The monoisotopic (exact) mass is 381 g/mol. The van der Waals surface area contributed by atoms with Gasteiger partial charge in [-0.2, -0.15) is 0 Å². The number of hydrogen-bond acceptors (Lipinski definition) is 4. The van der Waals surface area contributed by atoms with Crippen LogP contribution in [0.5, 0.6) is 0 Å². The molecule has 0 spiro atoms. The zero-order valence-electron chi connectivity index (χ0n) is 15.5. The molecule has 3 rings (SSSR count). The van der Waals surface area contributed by atoms with Crippen molar-refractivity contribution in [1.82, 2.24) is 15.5 Å². The molecule has 7 heteroatoms. The summed E-state index contributed by atoms with van der Waals surface area (Å²) in [7, 11) is 0. The number of hydrogen-bond donors (Lipinski definition) is 2. The van der Waals surface area contributed by atoms with Gasteiger partial charge in [-0.25, -0.2) is 14.5 Å². The largest absolute Gasteiger partial charge is 0.439 e. The third-order valence-corrected chi connectivity index (χ3v) is 4.48. The van der Waals surface area contributed by atoms with Crippen molar-refractivity contribution < 1.29 is 19.1 Å². The van der Waals surface area contributed by atoms with Crippen LogP contribution in [-0.2, 0) is 16.0 Å². The predicted octanol–water partition coefficient (Wildman–Crippen LogP) is 2.64. The number of cyclic esters (lactones) is 1. The average Bonchev–Trinajstić information content (AvgIpc) is 3.04. The Morgan fingerprint density at radius 2 is 1.71 bits per heavy atom. The van der Waals surface area contributed by atoms with Crippen LogP contribution in [0, 0.1) is 0 Å². The molecule has 1 atom stereocenters. The molecule has 1 heterocycles. The predicted molar refractivity (Wildman–Crippen MR) is 104 cm³/mol. The Morgan fingerprint density at radius 3 is 2.36 bits per heavy atom. The van der Waals surface area contributed by atoms with E-state index >= 15 is 0 Å². The Balaban J connectivity index is 1.54. The summed E-state index contributed by atoms with van der Waals surface area (Å²) in [5, 5.41) is 5.68. The number of carbonyl (C=O) groups is 3. The SMILES string of the molecule is O=C(NCCCc1ccccc1)NC(CN1C(=O)COC1=O)c1ccccc1. The lowest BCUT2D eigenvalue weighted by atomic mass is 10.1. The average molecular weight is 381 g/mol. The minimum Gasteiger partial charge on any atom is -0.439 e. The maximum atomic E-state index is 12.3. The summed E-state index contributed by atoms with van der Waals surface area (Å²) in [6, 6.07) is 18.4. The van der Waals surface area contributed by atoms with Crippen LogP contribution >= 0.6 is 0 Å². The standard InChI is InChI=1S/C21H23N3O4/c25-19-15-28-21(27)24(19)14-18(17-11-5-2-6-12-17)23-20(26)22-13-7-10-16-8-3-1-4-9-16/h1-6,8-9,11-12,18H,7,10,13-15H2,(H2,22,23,26). The third kappa shape index (κ3) is 5.33. The Morgan fingerprint density at radius 1 is 1.04 bits per heavy atom. The molecule has 1 fully saturated rings. The number of nitrogens with one attached hydrogen (secondary N) is 2. The van der Waals surface area contributed by atoms with E-state index in [4.69, 9.17) is 4.74 Å². The first-order valence-electron chi connectivity index (χ1n) is 9.24. The number of rotatable bonds is 8. The van der Waals surface area contributed by atoms with E-state index in [2.05, 4.69) is 22.8 Å². The molecular formula is C21H23N3O4. The molecule has 2 aromatic rings. The van der Waals surface area contributed by atoms with Crippen molar-refractivity contribution in [2.45, 2.75) is 18.9 Å². The van der Waals surface area contributed by atoms with Crippen molar-refractivity contribution in [3.05, 3.63) is 71.8 Å². The minimum absolute atomic E-state index is 0.0269. The van der Waals surface area contributed by atoms with Crippen molar-refractivity contribution >= 4 is 18.0 Å². The summed E-state index contributed by atoms with van der Waals surface area (Å²) < 4.78 is 4.75. The molecule has 1 aliphatic rings. The fraction of sp³-hybridized carbons (Fsp3) is 0.286. The second-order valence-electron chi connectivity index (χ2n) is 6.51. The van der Waals surface area contributed by atoms with Crippen molar-refractivity contribution in [1.29, 1.82) is 0 Å². The van der Waals surface area contributed by atoms with Crippen LogP contribution in [0.2, 0.25) is 0 Å². The minimum atomic E-state index is -0.684. The molecule has 0 aliphatic carbocycles. The van der Waals surface area contributed by atoms with Crippen LogP contribution in [0.3, 0.4) is 0 Å². The topological polar surface area (TPSA) is 87.7 Å². The van der Waals surface area contributed by atoms with Gasteiger partial charge in [0.15, 0.2) is 6.61 Å². The highest BCUT2D eigenvalue weighted by Crippen LogP contribution is 2.17. The molecule has 7 nitrogen and oxygen atoms in total. The van der Waals surface area contributed by atoms with E-state index in [1.807, 2.05) is 48.5 Å². The van der Waals surface area contributed by atoms with E-state index < -0.39 is 18.0 Å². The molecule has 0 saturated carbocycles. The fourth-order valence-electron chi connectivity index (χ4n) is 3.01. The lowest BCUT2D eigenvalue weighted by Crippen LogP contribution is -2.44. The first kappa shape index (κ1) is 19.4. The summed E-state index contributed by atoms with van der Waals surface area (Å²) in [4.78, 5) is 36.9. The molecule has 2 N–H and O–H groups in total. The molecule has 28 heavy (non-hydrogen) atoms. The zero-order valence-corrected chi connectivity index (χ0v) is 15.5. The number of urea groups is 1. The summed E-state index contributed by atoms with van der Waals surface area (Å²) in [6.07, 6.45) is 0.998. The number of nitrogens with zero attached hydrogens (tertiary/aromatic N) is 1. The molecule has 2 aromatic carbocycles.